The average Bonchev–Trinajstić information content (AvgIpc) is 3.89. The normalized spacial score (nSPS) is 15.0. The van der Waals surface area contributed by atoms with Crippen LogP contribution in [0, 0.1) is 11.3 Å². The molecule has 3 aromatic rings. The van der Waals surface area contributed by atoms with Crippen LogP contribution in [0.1, 0.15) is 194 Å². The van der Waals surface area contributed by atoms with Crippen LogP contribution in [0.25, 0.3) is 22.5 Å². The molecule has 5 amide bonds. The van der Waals surface area contributed by atoms with Gasteiger partial charge < -0.3 is 15.5 Å². The lowest BCUT2D eigenvalue weighted by Crippen LogP contribution is -2.32. The zero-order valence-electron chi connectivity index (χ0n) is 43.7. The number of rotatable bonds is 34. The van der Waals surface area contributed by atoms with Gasteiger partial charge in [-0.25, -0.2) is 4.68 Å². The number of imide groups is 1. The van der Waals surface area contributed by atoms with E-state index in [9.17, 15) is 24.0 Å². The second-order valence-corrected chi connectivity index (χ2v) is 21.7. The van der Waals surface area contributed by atoms with Crippen molar-refractivity contribution in [2.75, 3.05) is 30.3 Å². The van der Waals surface area contributed by atoms with E-state index < -0.39 is 5.25 Å². The fourth-order valence-corrected chi connectivity index (χ4v) is 11.2. The highest BCUT2D eigenvalue weighted by atomic mass is 32.2. The quantitative estimate of drug-likeness (QED) is 0.0444. The fraction of sp³-hybridized carbons (Fsp3) is 0.667. The first kappa shape index (κ1) is 56.4. The van der Waals surface area contributed by atoms with Crippen LogP contribution in [0.15, 0.2) is 48.5 Å². The van der Waals surface area contributed by atoms with E-state index in [1.165, 1.54) is 48.8 Å². The molecule has 0 bridgehead atoms. The number of hydrogen-bond donors (Lipinski definition) is 2. The standard InChI is InChI=1S/C57H87N7O5S/c1-6-9-10-26-40-64-55-48-32-20-21-33-49(48)63(43-46-30-18-19-31-47(46)54(55)60-61-64)52(67)34-17-11-14-27-45(28-15-12-23-37-58-44(4)65)29-16-13-25-39-62-53(68)42-50(56(62)69)70-41-35-51(66)59-38-24-22-36-57(5,7-2)8-3/h18-21,30-33,45,50H,6-17,22-29,34-43H2,1-5H3,(H,58,65)(H,59,66)/t45-,50?/m0/s1. The molecule has 3 heterocycles. The van der Waals surface area contributed by atoms with Crippen LogP contribution in [-0.2, 0) is 37.1 Å². The maximum Gasteiger partial charge on any atom is 0.242 e. The van der Waals surface area contributed by atoms with Crippen LogP contribution in [0.2, 0.25) is 0 Å². The molecule has 2 atom stereocenters. The number of thioether (sulfide) groups is 1. The zero-order chi connectivity index (χ0) is 50.1. The second kappa shape index (κ2) is 30.4. The Labute approximate surface area is 425 Å². The largest absolute Gasteiger partial charge is 0.356 e. The summed E-state index contributed by atoms with van der Waals surface area (Å²) in [4.78, 5) is 67.7. The third-order valence-electron chi connectivity index (χ3n) is 15.1. The smallest absolute Gasteiger partial charge is 0.242 e. The SMILES string of the molecule is CCCCCCn1nnc2c1-c1ccccc1N(C(=O)CCCCC[C@@H](CCCCCNC(C)=O)CCCCCN1C(=O)CC(SCCC(=O)NCCCCC(C)(CC)CC)C1=O)Cc1ccccc1-2. The summed E-state index contributed by atoms with van der Waals surface area (Å²) in [5.41, 5.74) is 6.26. The molecule has 0 saturated carbocycles. The van der Waals surface area contributed by atoms with E-state index in [0.717, 1.165) is 143 Å². The lowest BCUT2D eigenvalue weighted by atomic mass is 9.80. The number of likely N-dealkylation sites (tertiary alicyclic amines) is 1. The van der Waals surface area contributed by atoms with Gasteiger partial charge in [-0.3, -0.25) is 28.9 Å². The molecule has 5 rings (SSSR count). The molecule has 2 aromatic carbocycles. The summed E-state index contributed by atoms with van der Waals surface area (Å²) in [6.45, 7) is 13.7. The molecule has 386 valence electrons. The number of aryl methyl sites for hydroxylation is 1. The number of hydrogen-bond acceptors (Lipinski definition) is 8. The molecule has 1 aromatic heterocycles. The van der Waals surface area contributed by atoms with Gasteiger partial charge in [0.25, 0.3) is 0 Å². The number of unbranched alkanes of at least 4 members (excludes halogenated alkanes) is 10. The lowest BCUT2D eigenvalue weighted by molar-refractivity contribution is -0.138. The number of para-hydroxylation sites is 1. The number of fused-ring (bicyclic) bond motifs is 5. The van der Waals surface area contributed by atoms with Crippen molar-refractivity contribution in [2.45, 2.75) is 207 Å². The average molecular weight is 982 g/mol. The van der Waals surface area contributed by atoms with Crippen LogP contribution in [0.4, 0.5) is 5.69 Å². The zero-order valence-corrected chi connectivity index (χ0v) is 44.5. The summed E-state index contributed by atoms with van der Waals surface area (Å²) in [5.74, 6) is 1.06. The van der Waals surface area contributed by atoms with Gasteiger partial charge in [0.2, 0.25) is 29.5 Å². The van der Waals surface area contributed by atoms with Gasteiger partial charge in [0.15, 0.2) is 0 Å². The summed E-state index contributed by atoms with van der Waals surface area (Å²) in [6, 6.07) is 16.5. The van der Waals surface area contributed by atoms with Gasteiger partial charge in [0, 0.05) is 69.2 Å². The highest BCUT2D eigenvalue weighted by Crippen LogP contribution is 2.41. The van der Waals surface area contributed by atoms with Crippen molar-refractivity contribution in [1.29, 1.82) is 0 Å². The molecule has 1 unspecified atom stereocenters. The second-order valence-electron chi connectivity index (χ2n) is 20.4. The molecule has 2 aliphatic heterocycles. The van der Waals surface area contributed by atoms with Gasteiger partial charge in [-0.1, -0.05) is 172 Å². The fourth-order valence-electron chi connectivity index (χ4n) is 10.1. The maximum absolute atomic E-state index is 14.3. The number of carbonyl (C=O) groups excluding carboxylic acids is 5. The minimum Gasteiger partial charge on any atom is -0.356 e. The third-order valence-corrected chi connectivity index (χ3v) is 16.3. The number of anilines is 1. The minimum absolute atomic E-state index is 0.0122. The summed E-state index contributed by atoms with van der Waals surface area (Å²) >= 11 is 1.44. The van der Waals surface area contributed by atoms with Gasteiger partial charge >= 0.3 is 0 Å². The highest BCUT2D eigenvalue weighted by Gasteiger charge is 2.38. The van der Waals surface area contributed by atoms with Crippen molar-refractivity contribution in [3.63, 3.8) is 0 Å². The van der Waals surface area contributed by atoms with E-state index in [-0.39, 0.29) is 36.0 Å². The monoisotopic (exact) mass is 982 g/mol. The number of nitrogens with zero attached hydrogens (tertiary/aromatic N) is 5. The Morgan fingerprint density at radius 3 is 2.11 bits per heavy atom. The molecule has 0 radical (unpaired) electrons. The number of aromatic nitrogens is 3. The molecule has 2 aliphatic rings. The Hall–Kier alpha value is -4.52. The number of nitrogens with one attached hydrogen (secondary N) is 2. The van der Waals surface area contributed by atoms with Gasteiger partial charge in [0.05, 0.1) is 23.2 Å². The Kier molecular flexibility index (Phi) is 24.5. The summed E-state index contributed by atoms with van der Waals surface area (Å²) < 4.78 is 2.04. The van der Waals surface area contributed by atoms with E-state index in [1.807, 2.05) is 33.8 Å². The van der Waals surface area contributed by atoms with Crippen LogP contribution < -0.4 is 15.5 Å². The van der Waals surface area contributed by atoms with Crippen molar-refractivity contribution in [3.8, 4) is 22.5 Å². The van der Waals surface area contributed by atoms with E-state index in [0.29, 0.717) is 56.1 Å². The van der Waals surface area contributed by atoms with Gasteiger partial charge in [-0.15, -0.1) is 16.9 Å². The Morgan fingerprint density at radius 2 is 1.39 bits per heavy atom. The van der Waals surface area contributed by atoms with Crippen LogP contribution in [0.5, 0.6) is 0 Å². The number of benzene rings is 2. The molecular formula is C57H87N7O5S. The first-order valence-corrected chi connectivity index (χ1v) is 28.4. The first-order chi connectivity index (χ1) is 34.0. The molecule has 1 fully saturated rings. The van der Waals surface area contributed by atoms with E-state index in [2.05, 4.69) is 67.8 Å². The van der Waals surface area contributed by atoms with Crippen molar-refractivity contribution in [1.82, 2.24) is 30.5 Å². The molecule has 0 spiro atoms. The van der Waals surface area contributed by atoms with Crippen LogP contribution in [-0.4, -0.2) is 80.1 Å². The number of amides is 5. The molecule has 12 nitrogen and oxygen atoms in total. The Bertz CT molecular complexity index is 2100. The van der Waals surface area contributed by atoms with Crippen LogP contribution in [0.3, 0.4) is 0 Å². The highest BCUT2D eigenvalue weighted by molar-refractivity contribution is 8.00. The summed E-state index contributed by atoms with van der Waals surface area (Å²) in [7, 11) is 0. The lowest BCUT2D eigenvalue weighted by Gasteiger charge is -2.29. The van der Waals surface area contributed by atoms with E-state index in [4.69, 9.17) is 5.10 Å². The Balaban J connectivity index is 1.06. The number of carbonyl (C=O) groups is 5. The van der Waals surface area contributed by atoms with Gasteiger partial charge in [0.1, 0.15) is 5.69 Å². The summed E-state index contributed by atoms with van der Waals surface area (Å²) in [5, 5.41) is 14.9. The Morgan fingerprint density at radius 1 is 0.743 bits per heavy atom. The predicted molar refractivity (Wildman–Crippen MR) is 286 cm³/mol. The van der Waals surface area contributed by atoms with Gasteiger partial charge in [-0.2, -0.15) is 0 Å². The maximum atomic E-state index is 14.3. The van der Waals surface area contributed by atoms with Crippen molar-refractivity contribution >= 4 is 47.0 Å². The molecule has 13 heteroatoms. The van der Waals surface area contributed by atoms with E-state index in [1.54, 1.807) is 6.92 Å². The topological polar surface area (TPSA) is 147 Å². The van der Waals surface area contributed by atoms with Crippen molar-refractivity contribution < 1.29 is 24.0 Å². The van der Waals surface area contributed by atoms with E-state index >= 15 is 0 Å². The molecular weight excluding hydrogens is 895 g/mol. The molecule has 0 aliphatic carbocycles. The van der Waals surface area contributed by atoms with Gasteiger partial charge in [-0.05, 0) is 61.5 Å². The first-order valence-electron chi connectivity index (χ1n) is 27.4. The third kappa shape index (κ3) is 17.7. The van der Waals surface area contributed by atoms with Crippen LogP contribution >= 0.6 is 11.8 Å². The predicted octanol–water partition coefficient (Wildman–Crippen LogP) is 12.2. The minimum atomic E-state index is -0.394. The van der Waals surface area contributed by atoms with Crippen molar-refractivity contribution in [3.05, 3.63) is 54.1 Å². The summed E-state index contributed by atoms with van der Waals surface area (Å²) in [6.07, 6.45) is 23.4. The molecule has 1 saturated heterocycles. The molecule has 2 N–H and O–H groups in total. The van der Waals surface area contributed by atoms with Crippen molar-refractivity contribution in [2.24, 2.45) is 11.3 Å². The molecule has 70 heavy (non-hydrogen) atoms.